The molecular formula is C22H22N2O3. The molecule has 27 heavy (non-hydrogen) atoms. The van der Waals surface area contributed by atoms with E-state index in [2.05, 4.69) is 10.5 Å². The Labute approximate surface area is 158 Å². The summed E-state index contributed by atoms with van der Waals surface area (Å²) in [4.78, 5) is 12.3. The smallest absolute Gasteiger partial charge is 0.280 e. The minimum Gasteiger partial charge on any atom is -0.497 e. The molecule has 0 spiro atoms. The third kappa shape index (κ3) is 4.64. The molecular weight excluding hydrogens is 340 g/mol. The van der Waals surface area contributed by atoms with E-state index in [4.69, 9.17) is 9.47 Å². The molecule has 1 N–H and O–H groups in total. The van der Waals surface area contributed by atoms with E-state index >= 15 is 0 Å². The van der Waals surface area contributed by atoms with E-state index < -0.39 is 6.10 Å². The van der Waals surface area contributed by atoms with Gasteiger partial charge in [0.1, 0.15) is 11.5 Å². The van der Waals surface area contributed by atoms with Crippen molar-refractivity contribution in [3.8, 4) is 11.5 Å². The van der Waals surface area contributed by atoms with Crippen LogP contribution in [0.25, 0.3) is 10.8 Å². The summed E-state index contributed by atoms with van der Waals surface area (Å²) in [6.45, 7) is 3.53. The Hall–Kier alpha value is -3.34. The van der Waals surface area contributed by atoms with Gasteiger partial charge in [0.2, 0.25) is 0 Å². The Balaban J connectivity index is 1.62. The van der Waals surface area contributed by atoms with E-state index in [-0.39, 0.29) is 5.91 Å². The van der Waals surface area contributed by atoms with Crippen LogP contribution < -0.4 is 14.9 Å². The fraction of sp³-hybridized carbons (Fsp3) is 0.182. The molecule has 0 radical (unpaired) electrons. The number of nitrogens with zero attached hydrogens (tertiary/aromatic N) is 1. The van der Waals surface area contributed by atoms with Gasteiger partial charge in [0.05, 0.1) is 12.8 Å². The fourth-order valence-corrected chi connectivity index (χ4v) is 2.62. The number of hydrogen-bond acceptors (Lipinski definition) is 4. The third-order valence-electron chi connectivity index (χ3n) is 4.24. The van der Waals surface area contributed by atoms with Gasteiger partial charge in [-0.1, -0.05) is 30.3 Å². The van der Waals surface area contributed by atoms with Gasteiger partial charge in [0.15, 0.2) is 6.10 Å². The summed E-state index contributed by atoms with van der Waals surface area (Å²) < 4.78 is 10.9. The molecule has 0 aliphatic carbocycles. The Bertz CT molecular complexity index is 965. The highest BCUT2D eigenvalue weighted by molar-refractivity contribution is 5.99. The SMILES string of the molecule is COc1ccc(/C(C)=N/NC(=O)[C@H](C)Oc2ccc3ccccc3c2)cc1. The van der Waals surface area contributed by atoms with Crippen molar-refractivity contribution in [3.63, 3.8) is 0 Å². The van der Waals surface area contributed by atoms with Crippen molar-refractivity contribution >= 4 is 22.4 Å². The van der Waals surface area contributed by atoms with Gasteiger partial charge in [-0.05, 0) is 66.6 Å². The molecule has 0 unspecified atom stereocenters. The van der Waals surface area contributed by atoms with Crippen LogP contribution in [0.3, 0.4) is 0 Å². The maximum atomic E-state index is 12.3. The molecule has 3 aromatic rings. The lowest BCUT2D eigenvalue weighted by Crippen LogP contribution is -2.33. The molecule has 0 aliphatic rings. The first-order valence-electron chi connectivity index (χ1n) is 8.71. The van der Waals surface area contributed by atoms with E-state index in [1.165, 1.54) is 0 Å². The van der Waals surface area contributed by atoms with E-state index in [1.807, 2.05) is 73.7 Å². The van der Waals surface area contributed by atoms with Crippen LogP contribution in [0.5, 0.6) is 11.5 Å². The highest BCUT2D eigenvalue weighted by atomic mass is 16.5. The van der Waals surface area contributed by atoms with Crippen LogP contribution in [0.4, 0.5) is 0 Å². The van der Waals surface area contributed by atoms with Gasteiger partial charge in [-0.25, -0.2) is 5.43 Å². The average Bonchev–Trinajstić information content (AvgIpc) is 2.71. The summed E-state index contributed by atoms with van der Waals surface area (Å²) in [5.41, 5.74) is 4.16. The van der Waals surface area contributed by atoms with E-state index in [0.29, 0.717) is 11.5 Å². The lowest BCUT2D eigenvalue weighted by atomic mass is 10.1. The van der Waals surface area contributed by atoms with Crippen LogP contribution in [-0.4, -0.2) is 24.8 Å². The number of rotatable bonds is 6. The first-order chi connectivity index (χ1) is 13.1. The molecule has 1 atom stereocenters. The Morgan fingerprint density at radius 3 is 2.33 bits per heavy atom. The molecule has 0 saturated carbocycles. The molecule has 3 rings (SSSR count). The molecule has 0 saturated heterocycles. The van der Waals surface area contributed by atoms with Crippen LogP contribution in [-0.2, 0) is 4.79 Å². The second-order valence-corrected chi connectivity index (χ2v) is 6.17. The van der Waals surface area contributed by atoms with Crippen molar-refractivity contribution in [1.29, 1.82) is 0 Å². The normalized spacial score (nSPS) is 12.5. The van der Waals surface area contributed by atoms with Crippen LogP contribution in [0.2, 0.25) is 0 Å². The molecule has 5 nitrogen and oxygen atoms in total. The summed E-state index contributed by atoms with van der Waals surface area (Å²) in [6.07, 6.45) is -0.668. The number of carbonyl (C=O) groups excluding carboxylic acids is 1. The summed E-state index contributed by atoms with van der Waals surface area (Å²) in [7, 11) is 1.62. The second kappa shape index (κ2) is 8.36. The maximum Gasteiger partial charge on any atom is 0.280 e. The quantitative estimate of drug-likeness (QED) is 0.529. The van der Waals surface area contributed by atoms with Gasteiger partial charge < -0.3 is 9.47 Å². The number of amides is 1. The molecule has 1 amide bonds. The lowest BCUT2D eigenvalue weighted by Gasteiger charge is -2.14. The molecule has 0 fully saturated rings. The van der Waals surface area contributed by atoms with Crippen LogP contribution in [0.15, 0.2) is 71.8 Å². The van der Waals surface area contributed by atoms with Crippen LogP contribution in [0.1, 0.15) is 19.4 Å². The number of fused-ring (bicyclic) bond motifs is 1. The van der Waals surface area contributed by atoms with Crippen molar-refractivity contribution in [2.45, 2.75) is 20.0 Å². The molecule has 0 aromatic heterocycles. The molecule has 138 valence electrons. The van der Waals surface area contributed by atoms with Gasteiger partial charge >= 0.3 is 0 Å². The first-order valence-corrected chi connectivity index (χ1v) is 8.71. The number of nitrogens with one attached hydrogen (secondary N) is 1. The highest BCUT2D eigenvalue weighted by Gasteiger charge is 2.14. The topological polar surface area (TPSA) is 59.9 Å². The number of methoxy groups -OCH3 is 1. The van der Waals surface area contributed by atoms with E-state index in [1.54, 1.807) is 14.0 Å². The maximum absolute atomic E-state index is 12.3. The van der Waals surface area contributed by atoms with Crippen molar-refractivity contribution < 1.29 is 14.3 Å². The second-order valence-electron chi connectivity index (χ2n) is 6.17. The summed E-state index contributed by atoms with van der Waals surface area (Å²) >= 11 is 0. The number of hydrogen-bond donors (Lipinski definition) is 1. The average molecular weight is 362 g/mol. The van der Waals surface area contributed by atoms with Gasteiger partial charge in [-0.15, -0.1) is 0 Å². The molecule has 3 aromatic carbocycles. The summed E-state index contributed by atoms with van der Waals surface area (Å²) in [6, 6.07) is 21.2. The number of hydrazone groups is 1. The predicted octanol–water partition coefficient (Wildman–Crippen LogP) is 4.16. The van der Waals surface area contributed by atoms with Crippen LogP contribution in [0, 0.1) is 0 Å². The summed E-state index contributed by atoms with van der Waals surface area (Å²) in [5.74, 6) is 1.11. The van der Waals surface area contributed by atoms with Crippen molar-refractivity contribution in [1.82, 2.24) is 5.43 Å². The van der Waals surface area contributed by atoms with E-state index in [9.17, 15) is 4.79 Å². The first kappa shape index (κ1) is 18.5. The number of ether oxygens (including phenoxy) is 2. The zero-order valence-corrected chi connectivity index (χ0v) is 15.6. The largest absolute Gasteiger partial charge is 0.497 e. The Morgan fingerprint density at radius 1 is 0.963 bits per heavy atom. The van der Waals surface area contributed by atoms with E-state index in [0.717, 1.165) is 22.1 Å². The minimum absolute atomic E-state index is 0.309. The third-order valence-corrected chi connectivity index (χ3v) is 4.24. The molecule has 0 aliphatic heterocycles. The van der Waals surface area contributed by atoms with Crippen LogP contribution >= 0.6 is 0 Å². The zero-order chi connectivity index (χ0) is 19.2. The number of benzene rings is 3. The van der Waals surface area contributed by atoms with Crippen molar-refractivity contribution in [3.05, 3.63) is 72.3 Å². The van der Waals surface area contributed by atoms with Crippen molar-refractivity contribution in [2.24, 2.45) is 5.10 Å². The van der Waals surface area contributed by atoms with Gasteiger partial charge in [-0.3, -0.25) is 4.79 Å². The van der Waals surface area contributed by atoms with Crippen molar-refractivity contribution in [2.75, 3.05) is 7.11 Å². The fourth-order valence-electron chi connectivity index (χ4n) is 2.62. The number of carbonyl (C=O) groups is 1. The molecule has 0 heterocycles. The molecule has 5 heteroatoms. The standard InChI is InChI=1S/C22H22N2O3/c1-15(17-8-11-20(26-3)12-9-17)23-24-22(25)16(2)27-21-13-10-18-6-4-5-7-19(18)14-21/h4-14,16H,1-3H3,(H,24,25)/b23-15+/t16-/m0/s1. The predicted molar refractivity (Wildman–Crippen MR) is 107 cm³/mol. The Morgan fingerprint density at radius 2 is 1.63 bits per heavy atom. The van der Waals surface area contributed by atoms with Gasteiger partial charge in [-0.2, -0.15) is 5.10 Å². The minimum atomic E-state index is -0.668. The molecule has 0 bridgehead atoms. The monoisotopic (exact) mass is 362 g/mol. The zero-order valence-electron chi connectivity index (χ0n) is 15.6. The summed E-state index contributed by atoms with van der Waals surface area (Å²) in [5, 5.41) is 6.35. The highest BCUT2D eigenvalue weighted by Crippen LogP contribution is 2.21. The van der Waals surface area contributed by atoms with Gasteiger partial charge in [0, 0.05) is 0 Å². The van der Waals surface area contributed by atoms with Gasteiger partial charge in [0.25, 0.3) is 5.91 Å². The Kier molecular flexibility index (Phi) is 5.71. The lowest BCUT2D eigenvalue weighted by molar-refractivity contribution is -0.127.